The van der Waals surface area contributed by atoms with Gasteiger partial charge >= 0.3 is 0 Å². The van der Waals surface area contributed by atoms with Gasteiger partial charge in [-0.05, 0) is 217 Å². The van der Waals surface area contributed by atoms with Crippen LogP contribution in [0.5, 0.6) is 17.2 Å². The minimum absolute atomic E-state index is 0.0704. The van der Waals surface area contributed by atoms with Crippen LogP contribution in [-0.2, 0) is 28.9 Å². The lowest BCUT2D eigenvalue weighted by atomic mass is 9.87. The number of Topliss-reactive ketones (excluding diaryl/α,β-unsaturated/α-hetero) is 1. The van der Waals surface area contributed by atoms with Crippen LogP contribution >= 0.6 is 11.6 Å². The fraction of sp³-hybridized carbons (Fsp3) is 0.356. The Labute approximate surface area is 735 Å². The molecule has 13 nitrogen and oxygen atoms in total. The Hall–Kier alpha value is -10.0. The van der Waals surface area contributed by atoms with Crippen LogP contribution in [0.3, 0.4) is 0 Å². The highest BCUT2D eigenvalue weighted by Gasteiger charge is 2.31. The first-order valence-corrected chi connectivity index (χ1v) is 43.8. The number of ketones is 1. The molecule has 0 spiro atoms. The largest absolute Gasteiger partial charge is 0.493 e. The van der Waals surface area contributed by atoms with Gasteiger partial charge in [0, 0.05) is 141 Å². The third kappa shape index (κ3) is 27.7. The molecular weight excluding hydrogens is 1590 g/mol. The monoisotopic (exact) mass is 1710 g/mol. The van der Waals surface area contributed by atoms with Gasteiger partial charge in [-0.3, -0.25) is 29.3 Å². The number of halogens is 7. The van der Waals surface area contributed by atoms with Gasteiger partial charge in [0.15, 0.2) is 17.3 Å². The molecule has 4 aliphatic rings. The number of benzene rings is 11. The molecule has 0 N–H and O–H groups in total. The summed E-state index contributed by atoms with van der Waals surface area (Å²) in [4.78, 5) is 32.1. The van der Waals surface area contributed by atoms with Crippen molar-refractivity contribution in [2.45, 2.75) is 76.6 Å². The molecule has 1 atom stereocenters. The summed E-state index contributed by atoms with van der Waals surface area (Å²) in [5, 5.41) is 0.795. The molecule has 0 amide bonds. The molecule has 11 aromatic carbocycles. The zero-order valence-corrected chi connectivity index (χ0v) is 73.2. The molecule has 11 aromatic rings. The van der Waals surface area contributed by atoms with Gasteiger partial charge in [0.2, 0.25) is 5.75 Å². The van der Waals surface area contributed by atoms with E-state index in [4.69, 9.17) is 30.5 Å². The number of hydrogen-bond acceptors (Lipinski definition) is 13. The van der Waals surface area contributed by atoms with E-state index in [1.54, 1.807) is 45.6 Å². The van der Waals surface area contributed by atoms with E-state index in [0.29, 0.717) is 42.9 Å². The molecule has 4 saturated heterocycles. The smallest absolute Gasteiger partial charge is 0.203 e. The maximum atomic E-state index is 13.6. The van der Waals surface area contributed by atoms with Gasteiger partial charge < -0.3 is 33.6 Å². The molecule has 20 heteroatoms. The van der Waals surface area contributed by atoms with Crippen molar-refractivity contribution in [1.29, 1.82) is 0 Å². The molecule has 0 aliphatic carbocycles. The summed E-state index contributed by atoms with van der Waals surface area (Å²) in [7, 11) is 7.04. The first kappa shape index (κ1) is 93.2. The van der Waals surface area contributed by atoms with E-state index in [1.165, 1.54) is 107 Å². The summed E-state index contributed by atoms with van der Waals surface area (Å²) in [5.74, 6) is 0.700. The minimum Gasteiger partial charge on any atom is -0.493 e. The van der Waals surface area contributed by atoms with E-state index in [0.717, 1.165) is 200 Å². The molecule has 15 rings (SSSR count). The third-order valence-corrected chi connectivity index (χ3v) is 24.5. The molecule has 0 saturated carbocycles. The van der Waals surface area contributed by atoms with E-state index in [2.05, 4.69) is 145 Å². The molecule has 4 heterocycles. The molecule has 654 valence electrons. The van der Waals surface area contributed by atoms with Crippen molar-refractivity contribution in [3.8, 4) is 17.2 Å². The molecule has 0 aromatic heterocycles. The van der Waals surface area contributed by atoms with E-state index in [-0.39, 0.29) is 58.8 Å². The van der Waals surface area contributed by atoms with Crippen LogP contribution in [0.1, 0.15) is 116 Å². The molecule has 4 aliphatic heterocycles. The molecule has 124 heavy (non-hydrogen) atoms. The predicted molar refractivity (Wildman–Crippen MR) is 486 cm³/mol. The Bertz CT molecular complexity index is 4830. The second-order valence-corrected chi connectivity index (χ2v) is 33.1. The van der Waals surface area contributed by atoms with Crippen LogP contribution < -0.4 is 14.2 Å². The Morgan fingerprint density at radius 3 is 1.22 bits per heavy atom. The molecule has 4 fully saturated rings. The number of carbonyl (C=O) groups excluding carboxylic acids is 1. The van der Waals surface area contributed by atoms with Crippen LogP contribution in [-0.4, -0.2) is 211 Å². The van der Waals surface area contributed by atoms with Crippen molar-refractivity contribution in [1.82, 2.24) is 39.2 Å². The van der Waals surface area contributed by atoms with Crippen LogP contribution in [0.25, 0.3) is 0 Å². The number of methoxy groups -OCH3 is 3. The van der Waals surface area contributed by atoms with Gasteiger partial charge in [-0.1, -0.05) is 181 Å². The highest BCUT2D eigenvalue weighted by molar-refractivity contribution is 6.30. The Morgan fingerprint density at radius 1 is 0.379 bits per heavy atom. The van der Waals surface area contributed by atoms with Crippen molar-refractivity contribution in [2.75, 3.05) is 166 Å². The highest BCUT2D eigenvalue weighted by atomic mass is 35.5. The Balaban J connectivity index is 0.000000153. The Kier molecular flexibility index (Phi) is 36.0. The van der Waals surface area contributed by atoms with Gasteiger partial charge in [0.25, 0.3) is 0 Å². The van der Waals surface area contributed by atoms with Crippen molar-refractivity contribution < 1.29 is 50.1 Å². The number of piperazine rings is 4. The SMILES string of the molecule is CN1CCN(C(c2ccccc2)c2ccc(Cl)cc2)CC1.COc1ccc(CN2CCN(C(c3ccc(F)cc3)c3ccc(F)cc3)CC2)c(OC)c1OC.Cc1cccc(C)c1CC(=O)CN1CCN(CCCC(c2ccc(F)cc2)c2ccc(F)cc2)CC1.Fc1ccc(C(OCCN2CCN(CCCc3ccccc3)CC2)c2ccc(F)cc2)cc1. The summed E-state index contributed by atoms with van der Waals surface area (Å²) in [5.41, 5.74) is 14.5. The second-order valence-electron chi connectivity index (χ2n) is 32.6. The lowest BCUT2D eigenvalue weighted by Crippen LogP contribution is -2.48. The average Bonchev–Trinajstić information content (AvgIpc) is 0.809. The van der Waals surface area contributed by atoms with Crippen LogP contribution in [0.2, 0.25) is 5.02 Å². The van der Waals surface area contributed by atoms with Crippen LogP contribution in [0, 0.1) is 48.8 Å². The van der Waals surface area contributed by atoms with E-state index in [1.807, 2.05) is 78.9 Å². The fourth-order valence-electron chi connectivity index (χ4n) is 17.2. The quantitative estimate of drug-likeness (QED) is 0.0387. The Morgan fingerprint density at radius 2 is 0.766 bits per heavy atom. The maximum absolute atomic E-state index is 13.6. The zero-order chi connectivity index (χ0) is 87.1. The van der Waals surface area contributed by atoms with Crippen LogP contribution in [0.4, 0.5) is 26.3 Å². The first-order chi connectivity index (χ1) is 60.3. The predicted octanol–water partition coefficient (Wildman–Crippen LogP) is 19.8. The number of aryl methyl sites for hydroxylation is 3. The van der Waals surface area contributed by atoms with E-state index >= 15 is 0 Å². The molecule has 0 bridgehead atoms. The number of carbonyl (C=O) groups is 1. The lowest BCUT2D eigenvalue weighted by molar-refractivity contribution is -0.120. The molecule has 1 unspecified atom stereocenters. The number of rotatable bonds is 31. The van der Waals surface area contributed by atoms with E-state index < -0.39 is 0 Å². The standard InChI is InChI=1S/C31H36F2N2O.C28H32F2N2O.C27H30F2N2O3.C18H21ClN2/c1-23-5-3-6-24(2)31(23)21-29(36)22-35-19-17-34(18-20-35)16-4-7-30(25-8-12-27(32)13-9-25)26-10-14-28(33)15-11-26;29-26-12-8-24(9-13-26)28(25-10-14-27(30)15-11-25)33-22-21-32-19-17-31(18-20-32)16-4-7-23-5-2-1-3-6-23;1-32-24-13-8-21(26(33-2)27(24)34-3)18-30-14-16-31(17-15-30)25(19-4-9-22(28)10-5-19)20-6-11-23(29)12-7-20;1-20-11-13-21(14-12-20)18(15-5-3-2-4-6-15)16-7-9-17(19)10-8-16/h3,5-6,8-15,30H,4,7,16-22H2,1-2H3;1-3,5-6,8-15,28H,4,7,16-22H2;4-13,25H,14-18H2,1-3H3;2-10,18H,11-14H2,1H3. The van der Waals surface area contributed by atoms with Gasteiger partial charge in [-0.2, -0.15) is 0 Å². The van der Waals surface area contributed by atoms with Gasteiger partial charge in [-0.25, -0.2) is 26.3 Å². The minimum atomic E-state index is -0.342. The fourth-order valence-corrected chi connectivity index (χ4v) is 17.3. The summed E-state index contributed by atoms with van der Waals surface area (Å²) in [6.45, 7) is 24.6. The first-order valence-electron chi connectivity index (χ1n) is 43.5. The molecular formula is C104H119ClF6N8O5. The number of likely N-dealkylation sites (N-methyl/N-ethyl adjacent to an activating group) is 1. The number of nitrogens with zero attached hydrogens (tertiary/aromatic N) is 8. The summed E-state index contributed by atoms with van der Waals surface area (Å²) in [6.07, 6.45) is 4.38. The van der Waals surface area contributed by atoms with E-state index in [9.17, 15) is 31.1 Å². The molecule has 0 radical (unpaired) electrons. The van der Waals surface area contributed by atoms with Crippen LogP contribution in [0.15, 0.2) is 261 Å². The third-order valence-electron chi connectivity index (χ3n) is 24.2. The topological polar surface area (TPSA) is 79.9 Å². The maximum Gasteiger partial charge on any atom is 0.203 e. The summed E-state index contributed by atoms with van der Waals surface area (Å²) < 4.78 is 104. The van der Waals surface area contributed by atoms with Crippen molar-refractivity contribution >= 4 is 17.4 Å². The van der Waals surface area contributed by atoms with Gasteiger partial charge in [-0.15, -0.1) is 0 Å². The van der Waals surface area contributed by atoms with Crippen molar-refractivity contribution in [3.63, 3.8) is 0 Å². The average molecular weight is 1710 g/mol. The summed E-state index contributed by atoms with van der Waals surface area (Å²) in [6, 6.07) is 79.2. The lowest BCUT2D eigenvalue weighted by Gasteiger charge is -2.40. The number of hydrogen-bond donors (Lipinski definition) is 0. The van der Waals surface area contributed by atoms with Crippen molar-refractivity contribution in [2.24, 2.45) is 0 Å². The van der Waals surface area contributed by atoms with Gasteiger partial charge in [0.1, 0.15) is 41.0 Å². The van der Waals surface area contributed by atoms with Gasteiger partial charge in [0.05, 0.1) is 46.6 Å². The zero-order valence-electron chi connectivity index (χ0n) is 72.5. The second kappa shape index (κ2) is 47.9. The normalized spacial score (nSPS) is 15.6. The summed E-state index contributed by atoms with van der Waals surface area (Å²) >= 11 is 6.05. The number of ether oxygens (including phenoxy) is 4. The highest BCUT2D eigenvalue weighted by Crippen LogP contribution is 2.41. The van der Waals surface area contributed by atoms with Crippen molar-refractivity contribution in [3.05, 3.63) is 373 Å².